The molecule has 0 aromatic heterocycles. The quantitative estimate of drug-likeness (QED) is 0.779. The van der Waals surface area contributed by atoms with Crippen molar-refractivity contribution in [3.63, 3.8) is 0 Å². The van der Waals surface area contributed by atoms with Crippen LogP contribution >= 0.6 is 0 Å². The molecule has 0 aliphatic rings. The Bertz CT molecular complexity index is 559. The maximum Gasteiger partial charge on any atom is 0.0376 e. The second-order valence-corrected chi connectivity index (χ2v) is 4.81. The summed E-state index contributed by atoms with van der Waals surface area (Å²) in [7, 11) is 0. The van der Waals surface area contributed by atoms with Crippen LogP contribution in [0, 0.1) is 0 Å². The van der Waals surface area contributed by atoms with Crippen molar-refractivity contribution < 1.29 is 0 Å². The minimum Gasteiger partial charge on any atom is -0.398 e. The summed E-state index contributed by atoms with van der Waals surface area (Å²) < 4.78 is 0. The first-order chi connectivity index (χ1) is 9.81. The first kappa shape index (κ1) is 14.2. The normalized spacial score (nSPS) is 11.3. The highest BCUT2D eigenvalue weighted by atomic mass is 14.9. The second-order valence-electron chi connectivity index (χ2n) is 4.81. The zero-order valence-electron chi connectivity index (χ0n) is 12.0. The predicted octanol–water partition coefficient (Wildman–Crippen LogP) is 3.85. The molecule has 2 aromatic rings. The van der Waals surface area contributed by atoms with Crippen LogP contribution < -0.4 is 11.1 Å². The van der Waals surface area contributed by atoms with Crippen LogP contribution in [-0.2, 0) is 6.42 Å². The third-order valence-electron chi connectivity index (χ3n) is 3.23. The summed E-state index contributed by atoms with van der Waals surface area (Å²) in [6.07, 6.45) is 4.17. The van der Waals surface area contributed by atoms with E-state index in [2.05, 4.69) is 48.6 Å². The van der Waals surface area contributed by atoms with Gasteiger partial charge in [0, 0.05) is 17.9 Å². The molecule has 104 valence electrons. The van der Waals surface area contributed by atoms with Crippen LogP contribution in [0.1, 0.15) is 24.5 Å². The molecule has 0 atom stereocenters. The van der Waals surface area contributed by atoms with Gasteiger partial charge >= 0.3 is 0 Å². The lowest BCUT2D eigenvalue weighted by molar-refractivity contribution is 0.821. The Hall–Kier alpha value is -2.22. The van der Waals surface area contributed by atoms with Crippen LogP contribution in [0.2, 0.25) is 0 Å². The zero-order chi connectivity index (χ0) is 14.2. The molecule has 0 radical (unpaired) electrons. The third-order valence-corrected chi connectivity index (χ3v) is 3.23. The summed E-state index contributed by atoms with van der Waals surface area (Å²) in [6.45, 7) is 3.15. The number of nitrogens with one attached hydrogen (secondary N) is 1. The molecule has 2 nitrogen and oxygen atoms in total. The topological polar surface area (TPSA) is 38.0 Å². The third kappa shape index (κ3) is 3.89. The number of hydrogen-bond acceptors (Lipinski definition) is 2. The fourth-order valence-electron chi connectivity index (χ4n) is 2.10. The molecule has 0 spiro atoms. The minimum atomic E-state index is 0.841. The van der Waals surface area contributed by atoms with Gasteiger partial charge in [-0.3, -0.25) is 0 Å². The van der Waals surface area contributed by atoms with Crippen molar-refractivity contribution in [1.82, 2.24) is 5.32 Å². The molecule has 0 aliphatic heterocycles. The Morgan fingerprint density at radius 1 is 1.05 bits per heavy atom. The molecule has 0 bridgehead atoms. The highest BCUT2D eigenvalue weighted by Gasteiger charge is 2.01. The summed E-state index contributed by atoms with van der Waals surface area (Å²) in [5, 5.41) is 3.50. The number of nitrogen functional groups attached to an aromatic ring is 1. The summed E-state index contributed by atoms with van der Waals surface area (Å²) >= 11 is 0. The monoisotopic (exact) mass is 266 g/mol. The molecule has 2 heteroatoms. The van der Waals surface area contributed by atoms with E-state index in [1.54, 1.807) is 0 Å². The van der Waals surface area contributed by atoms with Crippen LogP contribution in [-0.4, -0.2) is 6.54 Å². The van der Waals surface area contributed by atoms with E-state index in [-0.39, 0.29) is 0 Å². The van der Waals surface area contributed by atoms with Crippen LogP contribution in [0.15, 0.2) is 60.7 Å². The Balaban J connectivity index is 2.18. The SMILES string of the molecule is CCCN/C(=C\Cc1ccccc1N)c1ccccc1. The molecule has 0 aliphatic carbocycles. The van der Waals surface area contributed by atoms with Crippen molar-refractivity contribution in [3.05, 3.63) is 71.8 Å². The van der Waals surface area contributed by atoms with Gasteiger partial charge in [0.1, 0.15) is 0 Å². The van der Waals surface area contributed by atoms with E-state index in [1.807, 2.05) is 24.3 Å². The minimum absolute atomic E-state index is 0.841. The van der Waals surface area contributed by atoms with Gasteiger partial charge in [-0.1, -0.05) is 61.5 Å². The van der Waals surface area contributed by atoms with Crippen molar-refractivity contribution in [3.8, 4) is 0 Å². The molecule has 20 heavy (non-hydrogen) atoms. The Labute approximate surface area is 121 Å². The van der Waals surface area contributed by atoms with Crippen molar-refractivity contribution >= 4 is 11.4 Å². The van der Waals surface area contributed by atoms with Gasteiger partial charge in [0.2, 0.25) is 0 Å². The van der Waals surface area contributed by atoms with Crippen LogP contribution in [0.25, 0.3) is 5.70 Å². The standard InChI is InChI=1S/C18H22N2/c1-2-14-20-18(16-9-4-3-5-10-16)13-12-15-8-6-7-11-17(15)19/h3-11,13,20H,2,12,14,19H2,1H3/b18-13-. The lowest BCUT2D eigenvalue weighted by atomic mass is 10.1. The van der Waals surface area contributed by atoms with Gasteiger partial charge in [-0.05, 0) is 30.0 Å². The average molecular weight is 266 g/mol. The number of nitrogens with two attached hydrogens (primary N) is 1. The van der Waals surface area contributed by atoms with E-state index in [1.165, 1.54) is 16.8 Å². The molecule has 0 amide bonds. The molecular weight excluding hydrogens is 244 g/mol. The van der Waals surface area contributed by atoms with Crippen LogP contribution in [0.4, 0.5) is 5.69 Å². The van der Waals surface area contributed by atoms with E-state index < -0.39 is 0 Å². The van der Waals surface area contributed by atoms with Gasteiger partial charge in [0.05, 0.1) is 0 Å². The van der Waals surface area contributed by atoms with Crippen LogP contribution in [0.3, 0.4) is 0 Å². The molecule has 2 rings (SSSR count). The maximum absolute atomic E-state index is 6.00. The lowest BCUT2D eigenvalue weighted by Gasteiger charge is -2.11. The number of allylic oxidation sites excluding steroid dienone is 1. The smallest absolute Gasteiger partial charge is 0.0376 e. The molecular formula is C18H22N2. The van der Waals surface area contributed by atoms with Gasteiger partial charge in [-0.2, -0.15) is 0 Å². The maximum atomic E-state index is 6.00. The molecule has 0 saturated carbocycles. The van der Waals surface area contributed by atoms with Gasteiger partial charge in [-0.15, -0.1) is 0 Å². The molecule has 2 aromatic carbocycles. The van der Waals surface area contributed by atoms with E-state index in [9.17, 15) is 0 Å². The first-order valence-corrected chi connectivity index (χ1v) is 7.14. The van der Waals surface area contributed by atoms with E-state index in [4.69, 9.17) is 5.73 Å². The van der Waals surface area contributed by atoms with Crippen molar-refractivity contribution in [2.45, 2.75) is 19.8 Å². The Morgan fingerprint density at radius 2 is 1.75 bits per heavy atom. The number of benzene rings is 2. The summed E-state index contributed by atoms with van der Waals surface area (Å²) in [4.78, 5) is 0. The molecule has 3 N–H and O–H groups in total. The molecule has 0 fully saturated rings. The zero-order valence-corrected chi connectivity index (χ0v) is 12.0. The van der Waals surface area contributed by atoms with Gasteiger partial charge in [-0.25, -0.2) is 0 Å². The van der Waals surface area contributed by atoms with Gasteiger partial charge in [0.25, 0.3) is 0 Å². The van der Waals surface area contributed by atoms with Gasteiger partial charge in [0.15, 0.2) is 0 Å². The fourth-order valence-corrected chi connectivity index (χ4v) is 2.10. The molecule has 0 unspecified atom stereocenters. The fraction of sp³-hybridized carbons (Fsp3) is 0.222. The van der Waals surface area contributed by atoms with Gasteiger partial charge < -0.3 is 11.1 Å². The van der Waals surface area contributed by atoms with Crippen molar-refractivity contribution in [1.29, 1.82) is 0 Å². The van der Waals surface area contributed by atoms with Crippen LogP contribution in [0.5, 0.6) is 0 Å². The number of rotatable bonds is 6. The van der Waals surface area contributed by atoms with E-state index >= 15 is 0 Å². The summed E-state index contributed by atoms with van der Waals surface area (Å²) in [5.41, 5.74) is 10.4. The Morgan fingerprint density at radius 3 is 2.45 bits per heavy atom. The number of hydrogen-bond donors (Lipinski definition) is 2. The van der Waals surface area contributed by atoms with E-state index in [0.29, 0.717) is 0 Å². The average Bonchev–Trinajstić information content (AvgIpc) is 2.50. The first-order valence-electron chi connectivity index (χ1n) is 7.14. The van der Waals surface area contributed by atoms with Crippen molar-refractivity contribution in [2.24, 2.45) is 0 Å². The molecule has 0 heterocycles. The lowest BCUT2D eigenvalue weighted by Crippen LogP contribution is -2.13. The van der Waals surface area contributed by atoms with E-state index in [0.717, 1.165) is 25.1 Å². The van der Waals surface area contributed by atoms with Crippen molar-refractivity contribution in [2.75, 3.05) is 12.3 Å². The number of para-hydroxylation sites is 1. The largest absolute Gasteiger partial charge is 0.398 e. The molecule has 0 saturated heterocycles. The summed E-state index contributed by atoms with van der Waals surface area (Å²) in [6, 6.07) is 18.4. The highest BCUT2D eigenvalue weighted by molar-refractivity contribution is 5.64. The summed E-state index contributed by atoms with van der Waals surface area (Å²) in [5.74, 6) is 0. The second kappa shape index (κ2) is 7.39. The number of anilines is 1. The highest BCUT2D eigenvalue weighted by Crippen LogP contribution is 2.16. The Kier molecular flexibility index (Phi) is 5.24. The predicted molar refractivity (Wildman–Crippen MR) is 87.3 cm³/mol.